The second-order valence-electron chi connectivity index (χ2n) is 6.59. The molecule has 0 aliphatic rings. The minimum absolute atomic E-state index is 0.0148. The van der Waals surface area contributed by atoms with Crippen LogP contribution in [0, 0.1) is 0 Å². The van der Waals surface area contributed by atoms with Crippen molar-refractivity contribution in [1.29, 1.82) is 0 Å². The van der Waals surface area contributed by atoms with Gasteiger partial charge in [-0.15, -0.1) is 0 Å². The van der Waals surface area contributed by atoms with E-state index in [2.05, 4.69) is 21.2 Å². The van der Waals surface area contributed by atoms with Gasteiger partial charge in [-0.1, -0.05) is 76.6 Å². The molecule has 29 heavy (non-hydrogen) atoms. The van der Waals surface area contributed by atoms with Crippen LogP contribution in [-0.2, 0) is 11.2 Å². The van der Waals surface area contributed by atoms with Gasteiger partial charge < -0.3 is 14.8 Å². The first-order valence-electron chi connectivity index (χ1n) is 9.42. The molecule has 0 spiro atoms. The Morgan fingerprint density at radius 3 is 1.93 bits per heavy atom. The number of ether oxygens (including phenoxy) is 2. The molecular formula is C24H24BrNO3. The maximum Gasteiger partial charge on any atom is 0.232 e. The zero-order chi connectivity index (χ0) is 20.6. The van der Waals surface area contributed by atoms with Crippen molar-refractivity contribution in [3.05, 3.63) is 94.0 Å². The first kappa shape index (κ1) is 20.9. The van der Waals surface area contributed by atoms with Crippen LogP contribution in [0.3, 0.4) is 0 Å². The summed E-state index contributed by atoms with van der Waals surface area (Å²) in [5, 5.41) is 3.09. The standard InChI is InChI=1S/C24H24BrNO3/c1-28-21-15-19(20(25)16-22(21)29-2)13-14-26-24(27)23(17-9-5-3-6-10-17)18-11-7-4-8-12-18/h3-12,15-16,23H,13-14H2,1-2H3,(H,26,27). The summed E-state index contributed by atoms with van der Waals surface area (Å²) >= 11 is 3.57. The van der Waals surface area contributed by atoms with Crippen molar-refractivity contribution in [3.63, 3.8) is 0 Å². The van der Waals surface area contributed by atoms with Crippen LogP contribution < -0.4 is 14.8 Å². The second-order valence-corrected chi connectivity index (χ2v) is 7.45. The number of nitrogens with one attached hydrogen (secondary N) is 1. The van der Waals surface area contributed by atoms with E-state index in [4.69, 9.17) is 9.47 Å². The molecule has 0 atom stereocenters. The first-order chi connectivity index (χ1) is 14.1. The minimum atomic E-state index is -0.341. The summed E-state index contributed by atoms with van der Waals surface area (Å²) < 4.78 is 11.6. The molecule has 5 heteroatoms. The molecule has 0 bridgehead atoms. The number of hydrogen-bond donors (Lipinski definition) is 1. The third kappa shape index (κ3) is 5.18. The molecule has 0 radical (unpaired) electrons. The average molecular weight is 454 g/mol. The average Bonchev–Trinajstić information content (AvgIpc) is 2.76. The number of carbonyl (C=O) groups excluding carboxylic acids is 1. The summed E-state index contributed by atoms with van der Waals surface area (Å²) in [4.78, 5) is 13.1. The van der Waals surface area contributed by atoms with Crippen molar-refractivity contribution in [2.24, 2.45) is 0 Å². The van der Waals surface area contributed by atoms with Gasteiger partial charge in [0.25, 0.3) is 0 Å². The number of rotatable bonds is 8. The van der Waals surface area contributed by atoms with Crippen LogP contribution in [-0.4, -0.2) is 26.7 Å². The Morgan fingerprint density at radius 2 is 1.41 bits per heavy atom. The summed E-state index contributed by atoms with van der Waals surface area (Å²) in [7, 11) is 3.22. The van der Waals surface area contributed by atoms with Crippen LogP contribution in [0.15, 0.2) is 77.3 Å². The number of hydrogen-bond acceptors (Lipinski definition) is 3. The fraction of sp³-hybridized carbons (Fsp3) is 0.208. The van der Waals surface area contributed by atoms with Crippen LogP contribution in [0.4, 0.5) is 0 Å². The highest BCUT2D eigenvalue weighted by Crippen LogP contribution is 2.33. The van der Waals surface area contributed by atoms with E-state index < -0.39 is 0 Å². The molecular weight excluding hydrogens is 430 g/mol. The highest BCUT2D eigenvalue weighted by Gasteiger charge is 2.22. The van der Waals surface area contributed by atoms with Gasteiger partial charge in [0.15, 0.2) is 11.5 Å². The monoisotopic (exact) mass is 453 g/mol. The van der Waals surface area contributed by atoms with Gasteiger partial charge in [-0.2, -0.15) is 0 Å². The Labute approximate surface area is 180 Å². The lowest BCUT2D eigenvalue weighted by Crippen LogP contribution is -2.31. The van der Waals surface area contributed by atoms with E-state index in [1.54, 1.807) is 14.2 Å². The first-order valence-corrected chi connectivity index (χ1v) is 10.2. The van der Waals surface area contributed by atoms with Gasteiger partial charge in [0, 0.05) is 11.0 Å². The van der Waals surface area contributed by atoms with Gasteiger partial charge in [-0.05, 0) is 35.2 Å². The van der Waals surface area contributed by atoms with E-state index in [0.29, 0.717) is 24.5 Å². The van der Waals surface area contributed by atoms with Crippen molar-refractivity contribution in [2.75, 3.05) is 20.8 Å². The fourth-order valence-electron chi connectivity index (χ4n) is 3.30. The molecule has 4 nitrogen and oxygen atoms in total. The van der Waals surface area contributed by atoms with E-state index in [1.165, 1.54) is 0 Å². The number of carbonyl (C=O) groups is 1. The van der Waals surface area contributed by atoms with Crippen LogP contribution in [0.25, 0.3) is 0 Å². The van der Waals surface area contributed by atoms with Crippen molar-refractivity contribution in [2.45, 2.75) is 12.3 Å². The van der Waals surface area contributed by atoms with Gasteiger partial charge in [-0.25, -0.2) is 0 Å². The van der Waals surface area contributed by atoms with Crippen molar-refractivity contribution in [1.82, 2.24) is 5.32 Å². The summed E-state index contributed by atoms with van der Waals surface area (Å²) in [5.41, 5.74) is 2.99. The topological polar surface area (TPSA) is 47.6 Å². The molecule has 0 unspecified atom stereocenters. The highest BCUT2D eigenvalue weighted by atomic mass is 79.9. The zero-order valence-electron chi connectivity index (χ0n) is 16.5. The predicted molar refractivity (Wildman–Crippen MR) is 119 cm³/mol. The Bertz CT molecular complexity index is 906. The second kappa shape index (κ2) is 10.1. The van der Waals surface area contributed by atoms with Gasteiger partial charge in [-0.3, -0.25) is 4.79 Å². The summed E-state index contributed by atoms with van der Waals surface area (Å²) in [6.45, 7) is 0.517. The van der Waals surface area contributed by atoms with E-state index in [1.807, 2.05) is 72.8 Å². The Hall–Kier alpha value is -2.79. The molecule has 0 aliphatic carbocycles. The molecule has 0 fully saturated rings. The fourth-order valence-corrected chi connectivity index (χ4v) is 3.82. The molecule has 3 aromatic carbocycles. The van der Waals surface area contributed by atoms with Crippen LogP contribution in [0.5, 0.6) is 11.5 Å². The molecule has 150 valence electrons. The van der Waals surface area contributed by atoms with Gasteiger partial charge >= 0.3 is 0 Å². The third-order valence-corrected chi connectivity index (χ3v) is 5.51. The molecule has 0 heterocycles. The SMILES string of the molecule is COc1cc(Br)c(CCNC(=O)C(c2ccccc2)c2ccccc2)cc1OC. The van der Waals surface area contributed by atoms with Gasteiger partial charge in [0.05, 0.1) is 20.1 Å². The molecule has 0 aliphatic heterocycles. The lowest BCUT2D eigenvalue weighted by molar-refractivity contribution is -0.121. The lowest BCUT2D eigenvalue weighted by Gasteiger charge is -2.18. The minimum Gasteiger partial charge on any atom is -0.493 e. The van der Waals surface area contributed by atoms with E-state index >= 15 is 0 Å². The Balaban J connectivity index is 1.73. The maximum absolute atomic E-state index is 13.1. The summed E-state index contributed by atoms with van der Waals surface area (Å²) in [5.74, 6) is 0.981. The molecule has 0 saturated carbocycles. The highest BCUT2D eigenvalue weighted by molar-refractivity contribution is 9.10. The largest absolute Gasteiger partial charge is 0.493 e. The Morgan fingerprint density at radius 1 is 0.897 bits per heavy atom. The van der Waals surface area contributed by atoms with Crippen molar-refractivity contribution in [3.8, 4) is 11.5 Å². The van der Waals surface area contributed by atoms with E-state index in [9.17, 15) is 4.79 Å². The Kier molecular flexibility index (Phi) is 7.30. The lowest BCUT2D eigenvalue weighted by atomic mass is 9.90. The van der Waals surface area contributed by atoms with Crippen molar-refractivity contribution >= 4 is 21.8 Å². The quantitative estimate of drug-likeness (QED) is 0.524. The number of halogens is 1. The molecule has 3 aromatic rings. The smallest absolute Gasteiger partial charge is 0.232 e. The third-order valence-electron chi connectivity index (χ3n) is 4.77. The van der Waals surface area contributed by atoms with Crippen LogP contribution in [0.2, 0.25) is 0 Å². The predicted octanol–water partition coefficient (Wildman–Crippen LogP) is 4.96. The molecule has 0 aromatic heterocycles. The summed E-state index contributed by atoms with van der Waals surface area (Å²) in [6.07, 6.45) is 0.670. The van der Waals surface area contributed by atoms with Crippen LogP contribution >= 0.6 is 15.9 Å². The molecule has 1 amide bonds. The van der Waals surface area contributed by atoms with Gasteiger partial charge in [0.1, 0.15) is 0 Å². The van der Waals surface area contributed by atoms with Gasteiger partial charge in [0.2, 0.25) is 5.91 Å². The van der Waals surface area contributed by atoms with Crippen molar-refractivity contribution < 1.29 is 14.3 Å². The molecule has 1 N–H and O–H groups in total. The molecule has 3 rings (SSSR count). The number of benzene rings is 3. The van der Waals surface area contributed by atoms with Crippen LogP contribution in [0.1, 0.15) is 22.6 Å². The zero-order valence-corrected chi connectivity index (χ0v) is 18.1. The maximum atomic E-state index is 13.1. The number of methoxy groups -OCH3 is 2. The normalized spacial score (nSPS) is 10.6. The summed E-state index contributed by atoms with van der Waals surface area (Å²) in [6, 6.07) is 23.5. The number of amides is 1. The van der Waals surface area contributed by atoms with E-state index in [0.717, 1.165) is 21.2 Å². The van der Waals surface area contributed by atoms with E-state index in [-0.39, 0.29) is 11.8 Å². The molecule has 0 saturated heterocycles.